The Morgan fingerprint density at radius 2 is 1.28 bits per heavy atom. The van der Waals surface area contributed by atoms with Crippen molar-refractivity contribution in [3.8, 4) is 0 Å². The number of rotatable bonds is 9. The highest BCUT2D eigenvalue weighted by Gasteiger charge is 2.17. The summed E-state index contributed by atoms with van der Waals surface area (Å²) in [5, 5.41) is 0.709. The molecule has 1 aromatic heterocycles. The second kappa shape index (κ2) is 31.6. The smallest absolute Gasteiger partial charge is 0.348 e. The van der Waals surface area contributed by atoms with Crippen LogP contribution in [0.1, 0.15) is 127 Å². The molecule has 0 aliphatic carbocycles. The molecule has 1 rings (SSSR count). The maximum atomic E-state index is 11.8. The molecule has 0 saturated heterocycles. The van der Waals surface area contributed by atoms with Crippen LogP contribution in [0.25, 0.3) is 0 Å². The van der Waals surface area contributed by atoms with Crippen LogP contribution in [0.4, 0.5) is 5.00 Å². The molecule has 1 heterocycles. The lowest BCUT2D eigenvalue weighted by molar-refractivity contribution is -0.126. The van der Waals surface area contributed by atoms with Gasteiger partial charge >= 0.3 is 5.97 Å². The van der Waals surface area contributed by atoms with Crippen LogP contribution in [0, 0.1) is 13.8 Å². The van der Waals surface area contributed by atoms with Crippen molar-refractivity contribution >= 4 is 28.8 Å². The zero-order valence-electron chi connectivity index (χ0n) is 22.8. The lowest BCUT2D eigenvalue weighted by Gasteiger charge is -2.03. The third-order valence-corrected chi connectivity index (χ3v) is 5.20. The van der Waals surface area contributed by atoms with Crippen LogP contribution in [0.5, 0.6) is 0 Å². The normalized spacial score (nSPS) is 8.69. The quantitative estimate of drug-likeness (QED) is 0.220. The zero-order chi connectivity index (χ0) is 25.8. The number of nitrogens with two attached hydrogens (primary N) is 1. The number of methoxy groups -OCH3 is 1. The molecule has 0 unspecified atom stereocenters. The molecule has 0 atom stereocenters. The summed E-state index contributed by atoms with van der Waals surface area (Å²) in [5.74, 6) is -0.233. The molecule has 0 amide bonds. The van der Waals surface area contributed by atoms with E-state index in [2.05, 4.69) is 53.2 Å². The van der Waals surface area contributed by atoms with Gasteiger partial charge in [-0.2, -0.15) is 0 Å². The number of hydrogen-bond acceptors (Lipinski definition) is 6. The van der Waals surface area contributed by atoms with Crippen LogP contribution in [-0.2, 0) is 14.3 Å². The summed E-state index contributed by atoms with van der Waals surface area (Å²) in [4.78, 5) is 21.4. The number of esters is 1. The van der Waals surface area contributed by atoms with Gasteiger partial charge in [-0.3, -0.25) is 4.79 Å². The minimum atomic E-state index is -0.233. The Balaban J connectivity index is -0.000000213. The molecule has 2 N–H and O–H groups in total. The van der Waals surface area contributed by atoms with Crippen molar-refractivity contribution in [2.24, 2.45) is 0 Å². The van der Waals surface area contributed by atoms with E-state index in [1.54, 1.807) is 0 Å². The lowest BCUT2D eigenvalue weighted by Crippen LogP contribution is -2.06. The Hall–Kier alpha value is -1.56. The van der Waals surface area contributed by atoms with Gasteiger partial charge in [0.2, 0.25) is 0 Å². The molecule has 0 spiro atoms. The highest BCUT2D eigenvalue weighted by atomic mass is 32.1. The van der Waals surface area contributed by atoms with E-state index in [-0.39, 0.29) is 5.97 Å². The number of carbonyl (C=O) groups excluding carboxylic acids is 2. The van der Waals surface area contributed by atoms with E-state index in [4.69, 9.17) is 15.3 Å². The largest absolute Gasteiger partial charge is 0.471 e. The van der Waals surface area contributed by atoms with Crippen LogP contribution in [0.15, 0.2) is 0 Å². The van der Waals surface area contributed by atoms with Gasteiger partial charge in [-0.05, 0) is 31.4 Å². The summed E-state index contributed by atoms with van der Waals surface area (Å²) in [6.45, 7) is 19.9. The van der Waals surface area contributed by atoms with Crippen LogP contribution in [-0.4, -0.2) is 26.2 Å². The van der Waals surface area contributed by atoms with Crippen molar-refractivity contribution in [2.75, 3.05) is 19.5 Å². The highest BCUT2D eigenvalue weighted by Crippen LogP contribution is 2.30. The molecule has 0 saturated carbocycles. The molecule has 1 aromatic rings. The molecule has 0 aromatic carbocycles. The minimum Gasteiger partial charge on any atom is -0.471 e. The molecule has 0 aliphatic heterocycles. The zero-order valence-corrected chi connectivity index (χ0v) is 23.6. The van der Waals surface area contributed by atoms with Crippen molar-refractivity contribution in [3.63, 3.8) is 0 Å². The summed E-state index contributed by atoms with van der Waals surface area (Å²) < 4.78 is 9.10. The molecular weight excluding hydrogens is 422 g/mol. The van der Waals surface area contributed by atoms with Gasteiger partial charge in [0.15, 0.2) is 0 Å². The molecule has 192 valence electrons. The Kier molecular flexibility index (Phi) is 37.3. The fourth-order valence-corrected chi connectivity index (χ4v) is 2.55. The predicted octanol–water partition coefficient (Wildman–Crippen LogP) is 8.50. The van der Waals surface area contributed by atoms with E-state index in [9.17, 15) is 4.79 Å². The third-order valence-electron chi connectivity index (χ3n) is 4.00. The number of nitrogen functional groups attached to an aromatic ring is 1. The molecule has 0 radical (unpaired) electrons. The van der Waals surface area contributed by atoms with Gasteiger partial charge in [0.05, 0.1) is 18.7 Å². The van der Waals surface area contributed by atoms with Crippen LogP contribution in [0.2, 0.25) is 0 Å². The predicted molar refractivity (Wildman–Crippen MR) is 143 cm³/mol. The third kappa shape index (κ3) is 26.5. The highest BCUT2D eigenvalue weighted by molar-refractivity contribution is 7.18. The average molecular weight is 476 g/mol. The topological polar surface area (TPSA) is 78.6 Å². The first kappa shape index (κ1) is 37.7. The van der Waals surface area contributed by atoms with E-state index in [1.165, 1.54) is 63.4 Å². The second-order valence-corrected chi connectivity index (χ2v) is 8.33. The van der Waals surface area contributed by atoms with Gasteiger partial charge in [0.25, 0.3) is 6.47 Å². The second-order valence-electron chi connectivity index (χ2n) is 7.28. The van der Waals surface area contributed by atoms with Crippen LogP contribution >= 0.6 is 11.3 Å². The molecular formula is C26H53NO4S. The van der Waals surface area contributed by atoms with Gasteiger partial charge < -0.3 is 15.2 Å². The van der Waals surface area contributed by atoms with Crippen molar-refractivity contribution < 1.29 is 19.1 Å². The molecule has 0 bridgehead atoms. The van der Waals surface area contributed by atoms with Gasteiger partial charge in [-0.15, -0.1) is 11.3 Å². The van der Waals surface area contributed by atoms with Crippen molar-refractivity contribution in [2.45, 2.75) is 120 Å². The van der Waals surface area contributed by atoms with E-state index in [0.29, 0.717) is 23.0 Å². The first-order chi connectivity index (χ1) is 15.2. The van der Waals surface area contributed by atoms with E-state index < -0.39 is 0 Å². The molecule has 0 aliphatic rings. The molecule has 5 nitrogen and oxygen atoms in total. The van der Waals surface area contributed by atoms with Crippen molar-refractivity contribution in [3.05, 3.63) is 16.0 Å². The summed E-state index contributed by atoms with van der Waals surface area (Å²) in [6.07, 6.45) is 11.0. The fourth-order valence-electron chi connectivity index (χ4n) is 1.57. The van der Waals surface area contributed by atoms with Gasteiger partial charge in [-0.25, -0.2) is 4.79 Å². The number of carbonyl (C=O) groups is 2. The van der Waals surface area contributed by atoms with Gasteiger partial charge in [0.1, 0.15) is 4.88 Å². The number of hydrogen-bond donors (Lipinski definition) is 1. The summed E-state index contributed by atoms with van der Waals surface area (Å²) in [5.41, 5.74) is 7.73. The van der Waals surface area contributed by atoms with Gasteiger partial charge in [0, 0.05) is 0 Å². The summed E-state index contributed by atoms with van der Waals surface area (Å²) >= 11 is 1.32. The number of thiophene rings is 1. The summed E-state index contributed by atoms with van der Waals surface area (Å²) in [7, 11) is 1.31. The van der Waals surface area contributed by atoms with Crippen molar-refractivity contribution in [1.29, 1.82) is 0 Å². The maximum Gasteiger partial charge on any atom is 0.348 e. The average Bonchev–Trinajstić information content (AvgIpc) is 3.07. The van der Waals surface area contributed by atoms with Gasteiger partial charge in [-0.1, -0.05) is 99.8 Å². The van der Waals surface area contributed by atoms with E-state index >= 15 is 0 Å². The Bertz CT molecular complexity index is 508. The standard InChI is InChI=1S/C13H21NO2S.2C4H10.C3H8.C2H4O2/c1-4-5-6-7-8-16-13(15)11-9(2)10(3)12(14)17-11;2*1-3-4-2;1-3-2;1-4-2-3/h4-8,14H2,1-3H3;2*3-4H2,1-2H3;3H2,1-2H3;2H,1H3. The van der Waals surface area contributed by atoms with E-state index in [1.807, 2.05) is 13.8 Å². The monoisotopic (exact) mass is 475 g/mol. The SMILES string of the molecule is CCC.CCCC.CCCC.CCCCCCOC(=O)c1sc(N)c(C)c1C.COC=O. The van der Waals surface area contributed by atoms with Crippen molar-refractivity contribution in [1.82, 2.24) is 0 Å². The molecule has 6 heteroatoms. The Labute approximate surface area is 203 Å². The van der Waals surface area contributed by atoms with E-state index in [0.717, 1.165) is 24.0 Å². The number of anilines is 1. The summed E-state index contributed by atoms with van der Waals surface area (Å²) in [6, 6.07) is 0. The lowest BCUT2D eigenvalue weighted by atomic mass is 10.2. The first-order valence-corrected chi connectivity index (χ1v) is 13.0. The van der Waals surface area contributed by atoms with Crippen LogP contribution in [0.3, 0.4) is 0 Å². The van der Waals surface area contributed by atoms with Crippen LogP contribution < -0.4 is 5.73 Å². The first-order valence-electron chi connectivity index (χ1n) is 12.2. The Morgan fingerprint density at radius 3 is 1.56 bits per heavy atom. The molecule has 32 heavy (non-hydrogen) atoms. The fraction of sp³-hybridized carbons (Fsp3) is 0.769. The number of unbranched alkanes of at least 4 members (excludes halogenated alkanes) is 5. The minimum absolute atomic E-state index is 0.233. The maximum absolute atomic E-state index is 11.8. The molecule has 0 fully saturated rings. The Morgan fingerprint density at radius 1 is 0.844 bits per heavy atom. The number of ether oxygens (including phenoxy) is 2.